The Morgan fingerprint density at radius 2 is 1.91 bits per heavy atom. The highest BCUT2D eigenvalue weighted by Crippen LogP contribution is 2.24. The van der Waals surface area contributed by atoms with Crippen molar-refractivity contribution in [2.75, 3.05) is 0 Å². The lowest BCUT2D eigenvalue weighted by molar-refractivity contribution is -0.117. The topological polar surface area (TPSA) is 34.1 Å². The van der Waals surface area contributed by atoms with Gasteiger partial charge < -0.3 is 0 Å². The molecule has 1 unspecified atom stereocenters. The van der Waals surface area contributed by atoms with Gasteiger partial charge in [0.05, 0.1) is 5.57 Å². The predicted octanol–water partition coefficient (Wildman–Crippen LogP) is 1.50. The Morgan fingerprint density at radius 1 is 1.36 bits per heavy atom. The fourth-order valence-corrected chi connectivity index (χ4v) is 1.38. The summed E-state index contributed by atoms with van der Waals surface area (Å²) in [6.07, 6.45) is 0.402. The summed E-state index contributed by atoms with van der Waals surface area (Å²) < 4.78 is 0. The molecular formula is C9H12O2. The Hall–Kier alpha value is -0.920. The summed E-state index contributed by atoms with van der Waals surface area (Å²) in [5.74, 6) is -0.0510. The minimum atomic E-state index is -0.0904. The fourth-order valence-electron chi connectivity index (χ4n) is 1.38. The van der Waals surface area contributed by atoms with Crippen LogP contribution < -0.4 is 0 Å². The standard InChI is InChI=1S/C9H12O2/c1-5(2)8-7(10)4-6(3)9(8)11/h6H,4H2,1-3H3. The summed E-state index contributed by atoms with van der Waals surface area (Å²) in [7, 11) is 0. The van der Waals surface area contributed by atoms with Crippen LogP contribution in [0.15, 0.2) is 11.1 Å². The Balaban J connectivity index is 3.09. The third-order valence-corrected chi connectivity index (χ3v) is 1.96. The van der Waals surface area contributed by atoms with E-state index in [-0.39, 0.29) is 17.5 Å². The molecule has 11 heavy (non-hydrogen) atoms. The molecule has 0 N–H and O–H groups in total. The zero-order chi connectivity index (χ0) is 8.59. The van der Waals surface area contributed by atoms with Crippen molar-refractivity contribution < 1.29 is 9.59 Å². The summed E-state index contributed by atoms with van der Waals surface area (Å²) in [4.78, 5) is 22.4. The number of ketones is 2. The molecule has 0 aromatic carbocycles. The van der Waals surface area contributed by atoms with E-state index in [1.54, 1.807) is 6.92 Å². The number of carbonyl (C=O) groups is 2. The van der Waals surface area contributed by atoms with Crippen LogP contribution in [0, 0.1) is 5.92 Å². The van der Waals surface area contributed by atoms with Gasteiger partial charge >= 0.3 is 0 Å². The van der Waals surface area contributed by atoms with Crippen molar-refractivity contribution in [2.24, 2.45) is 5.92 Å². The number of allylic oxidation sites excluding steroid dienone is 2. The minimum Gasteiger partial charge on any atom is -0.294 e. The molecule has 0 aromatic rings. The number of hydrogen-bond acceptors (Lipinski definition) is 2. The van der Waals surface area contributed by atoms with Gasteiger partial charge in [-0.1, -0.05) is 12.5 Å². The van der Waals surface area contributed by atoms with E-state index < -0.39 is 0 Å². The van der Waals surface area contributed by atoms with Crippen molar-refractivity contribution in [1.82, 2.24) is 0 Å². The third kappa shape index (κ3) is 1.25. The molecule has 0 spiro atoms. The molecule has 0 aliphatic heterocycles. The molecule has 1 fully saturated rings. The van der Waals surface area contributed by atoms with Crippen LogP contribution in [0.4, 0.5) is 0 Å². The number of hydrogen-bond donors (Lipinski definition) is 0. The normalized spacial score (nSPS) is 24.6. The van der Waals surface area contributed by atoms with Crippen molar-refractivity contribution in [2.45, 2.75) is 27.2 Å². The average molecular weight is 152 g/mol. The maximum absolute atomic E-state index is 11.3. The van der Waals surface area contributed by atoms with Gasteiger partial charge in [-0.15, -0.1) is 0 Å². The van der Waals surface area contributed by atoms with E-state index in [1.807, 2.05) is 13.8 Å². The summed E-state index contributed by atoms with van der Waals surface area (Å²) in [6.45, 7) is 5.42. The Bertz CT molecular complexity index is 244. The van der Waals surface area contributed by atoms with Gasteiger partial charge in [0.25, 0.3) is 0 Å². The Kier molecular flexibility index (Phi) is 1.94. The lowest BCUT2D eigenvalue weighted by atomic mass is 10.1. The second-order valence-corrected chi connectivity index (χ2v) is 3.27. The van der Waals surface area contributed by atoms with Gasteiger partial charge in [-0.3, -0.25) is 9.59 Å². The summed E-state index contributed by atoms with van der Waals surface area (Å²) >= 11 is 0. The number of rotatable bonds is 0. The number of carbonyl (C=O) groups excluding carboxylic acids is 2. The highest BCUT2D eigenvalue weighted by atomic mass is 16.2. The van der Waals surface area contributed by atoms with Gasteiger partial charge in [-0.25, -0.2) is 0 Å². The van der Waals surface area contributed by atoms with Crippen LogP contribution in [0.25, 0.3) is 0 Å². The van der Waals surface area contributed by atoms with Crippen LogP contribution in [0.5, 0.6) is 0 Å². The van der Waals surface area contributed by atoms with E-state index in [0.717, 1.165) is 5.57 Å². The van der Waals surface area contributed by atoms with E-state index in [0.29, 0.717) is 12.0 Å². The van der Waals surface area contributed by atoms with Crippen molar-refractivity contribution in [1.29, 1.82) is 0 Å². The van der Waals surface area contributed by atoms with Crippen LogP contribution in [0.3, 0.4) is 0 Å². The first-order valence-electron chi connectivity index (χ1n) is 3.79. The molecule has 1 rings (SSSR count). The van der Waals surface area contributed by atoms with Gasteiger partial charge in [0, 0.05) is 12.3 Å². The average Bonchev–Trinajstić information content (AvgIpc) is 2.07. The SMILES string of the molecule is CC(C)=C1C(=O)CC(C)C1=O. The molecule has 2 heteroatoms. The maximum Gasteiger partial charge on any atom is 0.169 e. The van der Waals surface area contributed by atoms with Gasteiger partial charge in [0.15, 0.2) is 11.6 Å². The second kappa shape index (κ2) is 2.61. The highest BCUT2D eigenvalue weighted by Gasteiger charge is 2.33. The molecule has 0 saturated heterocycles. The van der Waals surface area contributed by atoms with Crippen LogP contribution >= 0.6 is 0 Å². The monoisotopic (exact) mass is 152 g/mol. The molecule has 1 saturated carbocycles. The molecule has 1 aliphatic rings. The molecular weight excluding hydrogens is 140 g/mol. The summed E-state index contributed by atoms with van der Waals surface area (Å²) in [5, 5.41) is 0. The lowest BCUT2D eigenvalue weighted by Gasteiger charge is -1.96. The molecule has 2 nitrogen and oxygen atoms in total. The predicted molar refractivity (Wildman–Crippen MR) is 42.2 cm³/mol. The van der Waals surface area contributed by atoms with Crippen molar-refractivity contribution in [3.05, 3.63) is 11.1 Å². The smallest absolute Gasteiger partial charge is 0.169 e. The van der Waals surface area contributed by atoms with Crippen LogP contribution in [0.2, 0.25) is 0 Å². The largest absolute Gasteiger partial charge is 0.294 e. The van der Waals surface area contributed by atoms with Crippen molar-refractivity contribution in [3.8, 4) is 0 Å². The van der Waals surface area contributed by atoms with Crippen LogP contribution in [-0.4, -0.2) is 11.6 Å². The third-order valence-electron chi connectivity index (χ3n) is 1.96. The quantitative estimate of drug-likeness (QED) is 0.389. The summed E-state index contributed by atoms with van der Waals surface area (Å²) in [5.41, 5.74) is 1.29. The molecule has 0 radical (unpaired) electrons. The molecule has 1 atom stereocenters. The molecule has 60 valence electrons. The highest BCUT2D eigenvalue weighted by molar-refractivity contribution is 6.26. The van der Waals surface area contributed by atoms with Crippen molar-refractivity contribution >= 4 is 11.6 Å². The second-order valence-electron chi connectivity index (χ2n) is 3.27. The molecule has 0 heterocycles. The zero-order valence-electron chi connectivity index (χ0n) is 7.10. The van der Waals surface area contributed by atoms with Crippen molar-refractivity contribution in [3.63, 3.8) is 0 Å². The van der Waals surface area contributed by atoms with Gasteiger partial charge in [-0.05, 0) is 13.8 Å². The van der Waals surface area contributed by atoms with E-state index >= 15 is 0 Å². The maximum atomic E-state index is 11.3. The number of Topliss-reactive ketones (excluding diaryl/α,β-unsaturated/α-hetero) is 2. The Labute approximate surface area is 66.3 Å². The van der Waals surface area contributed by atoms with E-state index in [9.17, 15) is 9.59 Å². The molecule has 0 aromatic heterocycles. The van der Waals surface area contributed by atoms with Crippen LogP contribution in [-0.2, 0) is 9.59 Å². The van der Waals surface area contributed by atoms with Crippen LogP contribution in [0.1, 0.15) is 27.2 Å². The van der Waals surface area contributed by atoms with E-state index in [4.69, 9.17) is 0 Å². The summed E-state index contributed by atoms with van der Waals surface area (Å²) in [6, 6.07) is 0. The fraction of sp³-hybridized carbons (Fsp3) is 0.556. The van der Waals surface area contributed by atoms with E-state index in [2.05, 4.69) is 0 Å². The van der Waals surface area contributed by atoms with Gasteiger partial charge in [-0.2, -0.15) is 0 Å². The molecule has 0 bridgehead atoms. The minimum absolute atomic E-state index is 0.0162. The van der Waals surface area contributed by atoms with E-state index in [1.165, 1.54) is 0 Å². The zero-order valence-corrected chi connectivity index (χ0v) is 7.10. The van der Waals surface area contributed by atoms with Gasteiger partial charge in [0.1, 0.15) is 0 Å². The van der Waals surface area contributed by atoms with Gasteiger partial charge in [0.2, 0.25) is 0 Å². The lowest BCUT2D eigenvalue weighted by Crippen LogP contribution is -2.05. The molecule has 0 amide bonds. The first-order valence-corrected chi connectivity index (χ1v) is 3.79. The molecule has 1 aliphatic carbocycles. The Morgan fingerprint density at radius 3 is 2.09 bits per heavy atom. The first kappa shape index (κ1) is 8.18. The first-order chi connectivity index (χ1) is 5.04.